The summed E-state index contributed by atoms with van der Waals surface area (Å²) in [6, 6.07) is 22.5. The first kappa shape index (κ1) is 18.6. The molecule has 0 saturated heterocycles. The largest absolute Gasteiger partial charge is 0.350 e. The molecule has 5 heteroatoms. The zero-order valence-corrected chi connectivity index (χ0v) is 15.9. The molecule has 3 aromatic carbocycles. The van der Waals surface area contributed by atoms with E-state index in [1.54, 1.807) is 0 Å². The van der Waals surface area contributed by atoms with Gasteiger partial charge < -0.3 is 5.32 Å². The Balaban J connectivity index is 1.74. The number of nitrogens with zero attached hydrogens (tertiary/aromatic N) is 1. The fourth-order valence-corrected chi connectivity index (χ4v) is 3.27. The van der Waals surface area contributed by atoms with Crippen molar-refractivity contribution in [2.45, 2.75) is 13.5 Å². The minimum atomic E-state index is -0.404. The van der Waals surface area contributed by atoms with Crippen molar-refractivity contribution in [3.63, 3.8) is 0 Å². The van der Waals surface area contributed by atoms with Gasteiger partial charge in [-0.1, -0.05) is 60.2 Å². The molecular weight excluding hydrogens is 367 g/mol. The number of amides is 2. The number of carbonyl (C=O) groups excluding carboxylic acids is 2. The fourth-order valence-electron chi connectivity index (χ4n) is 3.27. The van der Waals surface area contributed by atoms with Gasteiger partial charge in [0.15, 0.2) is 0 Å². The second-order valence-corrected chi connectivity index (χ2v) is 6.93. The molecule has 1 aliphatic rings. The zero-order valence-electron chi connectivity index (χ0n) is 15.9. The Bertz CT molecular complexity index is 1090. The predicted octanol–water partition coefficient (Wildman–Crippen LogP) is 4.53. The van der Waals surface area contributed by atoms with Gasteiger partial charge in [-0.25, -0.2) is 4.39 Å². The highest BCUT2D eigenvalue weighted by atomic mass is 19.1. The highest BCUT2D eigenvalue weighted by Gasteiger charge is 2.39. The lowest BCUT2D eigenvalue weighted by atomic mass is 10.0. The van der Waals surface area contributed by atoms with Gasteiger partial charge in [0.1, 0.15) is 11.5 Å². The summed E-state index contributed by atoms with van der Waals surface area (Å²) >= 11 is 0. The van der Waals surface area contributed by atoms with Crippen LogP contribution in [0.1, 0.15) is 16.7 Å². The van der Waals surface area contributed by atoms with Crippen LogP contribution in [0.3, 0.4) is 0 Å². The first-order valence-electron chi connectivity index (χ1n) is 9.27. The van der Waals surface area contributed by atoms with E-state index in [9.17, 15) is 14.0 Å². The van der Waals surface area contributed by atoms with E-state index in [0.717, 1.165) is 11.1 Å². The minimum Gasteiger partial charge on any atom is -0.350 e. The molecular formula is C24H19FN2O2. The molecule has 0 spiro atoms. The lowest BCUT2D eigenvalue weighted by molar-refractivity contribution is -0.137. The molecule has 2 amide bonds. The third-order valence-electron chi connectivity index (χ3n) is 4.81. The van der Waals surface area contributed by atoms with E-state index in [2.05, 4.69) is 5.32 Å². The van der Waals surface area contributed by atoms with Gasteiger partial charge in [-0.15, -0.1) is 0 Å². The average Bonchev–Trinajstić information content (AvgIpc) is 2.95. The van der Waals surface area contributed by atoms with Gasteiger partial charge in [0.05, 0.1) is 12.1 Å². The van der Waals surface area contributed by atoms with Crippen molar-refractivity contribution in [2.75, 3.05) is 5.32 Å². The SMILES string of the molecule is Cc1ccc(C2=C(Nc3ccc(F)cc3)C(=O)N(Cc3ccccc3)C2=O)cc1. The number of anilines is 1. The van der Waals surface area contributed by atoms with E-state index in [-0.39, 0.29) is 24.0 Å². The van der Waals surface area contributed by atoms with Crippen molar-refractivity contribution in [1.29, 1.82) is 0 Å². The maximum absolute atomic E-state index is 13.3. The molecule has 1 aliphatic heterocycles. The summed E-state index contributed by atoms with van der Waals surface area (Å²) in [7, 11) is 0. The number of rotatable bonds is 5. The van der Waals surface area contributed by atoms with E-state index in [1.807, 2.05) is 61.5 Å². The highest BCUT2D eigenvalue weighted by molar-refractivity contribution is 6.36. The van der Waals surface area contributed by atoms with Crippen LogP contribution in [0.4, 0.5) is 10.1 Å². The fraction of sp³-hybridized carbons (Fsp3) is 0.0833. The molecule has 0 fully saturated rings. The second-order valence-electron chi connectivity index (χ2n) is 6.93. The van der Waals surface area contributed by atoms with Crippen molar-refractivity contribution < 1.29 is 14.0 Å². The number of imide groups is 1. The zero-order chi connectivity index (χ0) is 20.4. The number of carbonyl (C=O) groups is 2. The van der Waals surface area contributed by atoms with Crippen molar-refractivity contribution in [2.24, 2.45) is 0 Å². The normalized spacial score (nSPS) is 13.9. The standard InChI is InChI=1S/C24H19FN2O2/c1-16-7-9-18(10-8-16)21-22(26-20-13-11-19(25)12-14-20)24(29)27(23(21)28)15-17-5-3-2-4-6-17/h2-14,26H,15H2,1H3. The molecule has 1 heterocycles. The average molecular weight is 386 g/mol. The van der Waals surface area contributed by atoms with Crippen molar-refractivity contribution in [3.8, 4) is 0 Å². The molecule has 1 N–H and O–H groups in total. The number of hydrogen-bond acceptors (Lipinski definition) is 3. The van der Waals surface area contributed by atoms with E-state index in [4.69, 9.17) is 0 Å². The molecule has 0 radical (unpaired) electrons. The lowest BCUT2D eigenvalue weighted by Gasteiger charge is -2.15. The predicted molar refractivity (Wildman–Crippen MR) is 110 cm³/mol. The van der Waals surface area contributed by atoms with Crippen LogP contribution in [0.5, 0.6) is 0 Å². The summed E-state index contributed by atoms with van der Waals surface area (Å²) in [5.74, 6) is -1.13. The van der Waals surface area contributed by atoms with Crippen LogP contribution in [-0.2, 0) is 16.1 Å². The maximum atomic E-state index is 13.3. The molecule has 0 aliphatic carbocycles. The molecule has 0 atom stereocenters. The Morgan fingerprint density at radius 1 is 0.828 bits per heavy atom. The number of hydrogen-bond donors (Lipinski definition) is 1. The second kappa shape index (κ2) is 7.72. The summed E-state index contributed by atoms with van der Waals surface area (Å²) in [4.78, 5) is 27.6. The summed E-state index contributed by atoms with van der Waals surface area (Å²) in [6.45, 7) is 2.14. The van der Waals surface area contributed by atoms with E-state index < -0.39 is 5.91 Å². The molecule has 4 rings (SSSR count). The van der Waals surface area contributed by atoms with Gasteiger partial charge in [-0.05, 0) is 42.3 Å². The van der Waals surface area contributed by atoms with Gasteiger partial charge in [0, 0.05) is 5.69 Å². The van der Waals surface area contributed by atoms with Crippen LogP contribution in [0.2, 0.25) is 0 Å². The number of halogens is 1. The topological polar surface area (TPSA) is 49.4 Å². The van der Waals surface area contributed by atoms with E-state index in [1.165, 1.54) is 29.2 Å². The Morgan fingerprint density at radius 2 is 1.48 bits per heavy atom. The molecule has 4 nitrogen and oxygen atoms in total. The van der Waals surface area contributed by atoms with E-state index in [0.29, 0.717) is 16.8 Å². The monoisotopic (exact) mass is 386 g/mol. The third-order valence-corrected chi connectivity index (χ3v) is 4.81. The molecule has 3 aromatic rings. The summed E-state index contributed by atoms with van der Waals surface area (Å²) in [5, 5.41) is 3.03. The minimum absolute atomic E-state index is 0.183. The Hall–Kier alpha value is -3.73. The van der Waals surface area contributed by atoms with Gasteiger partial charge >= 0.3 is 0 Å². The van der Waals surface area contributed by atoms with Crippen LogP contribution >= 0.6 is 0 Å². The first-order chi connectivity index (χ1) is 14.0. The van der Waals surface area contributed by atoms with Crippen LogP contribution in [-0.4, -0.2) is 16.7 Å². The Kier molecular flexibility index (Phi) is 4.96. The van der Waals surface area contributed by atoms with Gasteiger partial charge in [0.25, 0.3) is 11.8 Å². The molecule has 0 bridgehead atoms. The molecule has 0 unspecified atom stereocenters. The lowest BCUT2D eigenvalue weighted by Crippen LogP contribution is -2.31. The maximum Gasteiger partial charge on any atom is 0.278 e. The first-order valence-corrected chi connectivity index (χ1v) is 9.27. The van der Waals surface area contributed by atoms with Gasteiger partial charge in [-0.2, -0.15) is 0 Å². The van der Waals surface area contributed by atoms with Gasteiger partial charge in [-0.3, -0.25) is 14.5 Å². The van der Waals surface area contributed by atoms with E-state index >= 15 is 0 Å². The van der Waals surface area contributed by atoms with Crippen LogP contribution in [0.15, 0.2) is 84.6 Å². The Morgan fingerprint density at radius 3 is 2.14 bits per heavy atom. The van der Waals surface area contributed by atoms with Crippen LogP contribution < -0.4 is 5.32 Å². The molecule has 0 aromatic heterocycles. The van der Waals surface area contributed by atoms with Gasteiger partial charge in [0.2, 0.25) is 0 Å². The number of nitrogens with one attached hydrogen (secondary N) is 1. The highest BCUT2D eigenvalue weighted by Crippen LogP contribution is 2.31. The Labute approximate surface area is 168 Å². The smallest absolute Gasteiger partial charge is 0.278 e. The summed E-state index contributed by atoms with van der Waals surface area (Å²) in [6.07, 6.45) is 0. The number of benzene rings is 3. The van der Waals surface area contributed by atoms with Crippen LogP contribution in [0, 0.1) is 12.7 Å². The molecule has 0 saturated carbocycles. The van der Waals surface area contributed by atoms with Crippen LogP contribution in [0.25, 0.3) is 5.57 Å². The number of aryl methyl sites for hydroxylation is 1. The van der Waals surface area contributed by atoms with Crippen molar-refractivity contribution >= 4 is 23.1 Å². The summed E-state index contributed by atoms with van der Waals surface area (Å²) < 4.78 is 13.3. The third kappa shape index (κ3) is 3.80. The van der Waals surface area contributed by atoms with Crippen molar-refractivity contribution in [1.82, 2.24) is 4.90 Å². The quantitative estimate of drug-likeness (QED) is 0.656. The van der Waals surface area contributed by atoms with Crippen molar-refractivity contribution in [3.05, 3.63) is 107 Å². The summed E-state index contributed by atoms with van der Waals surface area (Å²) in [5.41, 5.74) is 3.63. The molecule has 144 valence electrons. The molecule has 29 heavy (non-hydrogen) atoms.